The Morgan fingerprint density at radius 3 is 2.70 bits per heavy atom. The summed E-state index contributed by atoms with van der Waals surface area (Å²) in [6.45, 7) is 4.11. The highest BCUT2D eigenvalue weighted by molar-refractivity contribution is 4.84. The lowest BCUT2D eigenvalue weighted by Crippen LogP contribution is -1.92. The Bertz CT molecular complexity index is 103. The molecule has 1 radical (unpaired) electrons. The van der Waals surface area contributed by atoms with E-state index in [0.29, 0.717) is 5.92 Å². The van der Waals surface area contributed by atoms with Gasteiger partial charge in [0.1, 0.15) is 0 Å². The molecule has 0 fully saturated rings. The molecule has 0 heterocycles. The lowest BCUT2D eigenvalue weighted by molar-refractivity contribution is 0.519. The lowest BCUT2D eigenvalue weighted by Gasteiger charge is -2.06. The molecule has 0 spiro atoms. The number of allylic oxidation sites excluding steroid dienone is 2. The Kier molecular flexibility index (Phi) is 3.56. The molecule has 0 saturated heterocycles. The molecule has 57 valence electrons. The first-order chi connectivity index (χ1) is 4.89. The van der Waals surface area contributed by atoms with Gasteiger partial charge in [-0.05, 0) is 31.6 Å². The smallest absolute Gasteiger partial charge is 0.0348 e. The van der Waals surface area contributed by atoms with Crippen molar-refractivity contribution < 1.29 is 0 Å². The number of hydrogen-bond donors (Lipinski definition) is 0. The van der Waals surface area contributed by atoms with E-state index in [0.717, 1.165) is 0 Å². The van der Waals surface area contributed by atoms with Crippen molar-refractivity contribution in [1.82, 2.24) is 0 Å². The van der Waals surface area contributed by atoms with Gasteiger partial charge in [0.05, 0.1) is 0 Å². The van der Waals surface area contributed by atoms with Gasteiger partial charge in [-0.15, -0.1) is 0 Å². The third-order valence-electron chi connectivity index (χ3n) is 2.14. The highest BCUT2D eigenvalue weighted by Crippen LogP contribution is 2.16. The van der Waals surface area contributed by atoms with E-state index in [1.807, 2.05) is 0 Å². The topological polar surface area (TPSA) is 0 Å². The molecule has 1 aliphatic rings. The second-order valence-electron chi connectivity index (χ2n) is 3.20. The van der Waals surface area contributed by atoms with Gasteiger partial charge in [0.2, 0.25) is 0 Å². The quantitative estimate of drug-likeness (QED) is 0.449. The minimum atomic E-state index is 0.711. The van der Waals surface area contributed by atoms with Crippen molar-refractivity contribution in [3.05, 3.63) is 19.1 Å². The Morgan fingerprint density at radius 2 is 1.80 bits per heavy atom. The van der Waals surface area contributed by atoms with Crippen LogP contribution in [-0.4, -0.2) is 0 Å². The Hall–Kier alpha value is -0.260. The summed E-state index contributed by atoms with van der Waals surface area (Å²) in [4.78, 5) is 0. The van der Waals surface area contributed by atoms with Crippen LogP contribution in [0.1, 0.15) is 38.5 Å². The molecular formula is C10H17. The van der Waals surface area contributed by atoms with Gasteiger partial charge in [-0.1, -0.05) is 31.9 Å². The maximum absolute atomic E-state index is 4.11. The molecule has 1 aliphatic carbocycles. The average molecular weight is 137 g/mol. The zero-order valence-electron chi connectivity index (χ0n) is 6.68. The van der Waals surface area contributed by atoms with Crippen molar-refractivity contribution in [1.29, 1.82) is 0 Å². The molecule has 0 aliphatic heterocycles. The van der Waals surface area contributed by atoms with Crippen LogP contribution in [0.4, 0.5) is 0 Å². The zero-order chi connectivity index (χ0) is 7.23. The van der Waals surface area contributed by atoms with Crippen molar-refractivity contribution in [2.24, 2.45) is 5.92 Å². The Labute approximate surface area is 64.3 Å². The van der Waals surface area contributed by atoms with Crippen LogP contribution in [0.5, 0.6) is 0 Å². The summed E-state index contributed by atoms with van der Waals surface area (Å²) in [7, 11) is 0. The van der Waals surface area contributed by atoms with Crippen molar-refractivity contribution in [2.45, 2.75) is 38.5 Å². The van der Waals surface area contributed by atoms with E-state index in [9.17, 15) is 0 Å². The van der Waals surface area contributed by atoms with Gasteiger partial charge in [-0.2, -0.15) is 0 Å². The van der Waals surface area contributed by atoms with Gasteiger partial charge < -0.3 is 0 Å². The molecule has 0 saturated carbocycles. The summed E-state index contributed by atoms with van der Waals surface area (Å²) in [5.41, 5.74) is 0. The molecule has 0 nitrogen and oxygen atoms in total. The molecule has 1 rings (SSSR count). The monoisotopic (exact) mass is 137 g/mol. The van der Waals surface area contributed by atoms with Gasteiger partial charge in [0.25, 0.3) is 0 Å². The average Bonchev–Trinajstić information content (AvgIpc) is 2.02. The molecule has 1 unspecified atom stereocenters. The third kappa shape index (κ3) is 3.05. The van der Waals surface area contributed by atoms with Gasteiger partial charge in [-0.25, -0.2) is 0 Å². The van der Waals surface area contributed by atoms with Crippen LogP contribution in [0, 0.1) is 12.8 Å². The van der Waals surface area contributed by atoms with E-state index in [-0.39, 0.29) is 0 Å². The van der Waals surface area contributed by atoms with E-state index in [1.165, 1.54) is 38.5 Å². The predicted molar refractivity (Wildman–Crippen MR) is 45.7 cm³/mol. The summed E-state index contributed by atoms with van der Waals surface area (Å²) < 4.78 is 0. The third-order valence-corrected chi connectivity index (χ3v) is 2.14. The molecule has 10 heavy (non-hydrogen) atoms. The largest absolute Gasteiger partial charge is 0.0885 e. The van der Waals surface area contributed by atoms with Crippen LogP contribution in [-0.2, 0) is 0 Å². The van der Waals surface area contributed by atoms with Crippen molar-refractivity contribution in [3.63, 3.8) is 0 Å². The fraction of sp³-hybridized carbons (Fsp3) is 0.700. The maximum atomic E-state index is 4.11. The highest BCUT2D eigenvalue weighted by atomic mass is 14.1. The first-order valence-electron chi connectivity index (χ1n) is 4.37. The van der Waals surface area contributed by atoms with Crippen molar-refractivity contribution in [2.75, 3.05) is 0 Å². The van der Waals surface area contributed by atoms with Gasteiger partial charge in [0, 0.05) is 0 Å². The van der Waals surface area contributed by atoms with Crippen LogP contribution >= 0.6 is 0 Å². The molecular weight excluding hydrogens is 120 g/mol. The van der Waals surface area contributed by atoms with Gasteiger partial charge >= 0.3 is 0 Å². The molecule has 0 bridgehead atoms. The normalized spacial score (nSPS) is 31.9. The van der Waals surface area contributed by atoms with E-state index >= 15 is 0 Å². The Balaban J connectivity index is 2.25. The standard InChI is InChI=1S/C10H17/c1-10-8-6-4-2-3-5-7-9-10/h2,4,10H,1,3,5-9H2/b4-2-. The minimum absolute atomic E-state index is 0.711. The summed E-state index contributed by atoms with van der Waals surface area (Å²) in [6.07, 6.45) is 12.5. The van der Waals surface area contributed by atoms with Crippen molar-refractivity contribution >= 4 is 0 Å². The second-order valence-corrected chi connectivity index (χ2v) is 3.20. The number of hydrogen-bond acceptors (Lipinski definition) is 0. The molecule has 1 atom stereocenters. The second kappa shape index (κ2) is 4.54. The molecule has 0 amide bonds. The van der Waals surface area contributed by atoms with Crippen molar-refractivity contribution in [3.8, 4) is 0 Å². The SMILES string of the molecule is [CH2]C1CC/C=C\CCCC1. The maximum Gasteiger partial charge on any atom is -0.0348 e. The van der Waals surface area contributed by atoms with Crippen LogP contribution in [0.3, 0.4) is 0 Å². The molecule has 0 N–H and O–H groups in total. The molecule has 0 heteroatoms. The van der Waals surface area contributed by atoms with E-state index < -0.39 is 0 Å². The summed E-state index contributed by atoms with van der Waals surface area (Å²) in [5.74, 6) is 0.711. The van der Waals surface area contributed by atoms with Gasteiger partial charge in [-0.3, -0.25) is 0 Å². The first kappa shape index (κ1) is 7.84. The van der Waals surface area contributed by atoms with Crippen LogP contribution in [0.15, 0.2) is 12.2 Å². The number of rotatable bonds is 0. The van der Waals surface area contributed by atoms with E-state index in [4.69, 9.17) is 0 Å². The highest BCUT2D eigenvalue weighted by Gasteiger charge is 2.01. The van der Waals surface area contributed by atoms with E-state index in [1.54, 1.807) is 0 Å². The summed E-state index contributed by atoms with van der Waals surface area (Å²) >= 11 is 0. The lowest BCUT2D eigenvalue weighted by atomic mass is 10.00. The minimum Gasteiger partial charge on any atom is -0.0885 e. The fourth-order valence-electron chi connectivity index (χ4n) is 1.41. The first-order valence-corrected chi connectivity index (χ1v) is 4.37. The molecule has 0 aromatic heterocycles. The fourth-order valence-corrected chi connectivity index (χ4v) is 1.41. The van der Waals surface area contributed by atoms with Crippen LogP contribution < -0.4 is 0 Å². The summed E-state index contributed by atoms with van der Waals surface area (Å²) in [5, 5.41) is 0. The van der Waals surface area contributed by atoms with Gasteiger partial charge in [0.15, 0.2) is 0 Å². The molecule has 0 aromatic rings. The predicted octanol–water partition coefficient (Wildman–Crippen LogP) is 3.35. The Morgan fingerprint density at radius 1 is 1.00 bits per heavy atom. The summed E-state index contributed by atoms with van der Waals surface area (Å²) in [6, 6.07) is 0. The van der Waals surface area contributed by atoms with Crippen LogP contribution in [0.2, 0.25) is 0 Å². The van der Waals surface area contributed by atoms with E-state index in [2.05, 4.69) is 19.1 Å². The zero-order valence-corrected chi connectivity index (χ0v) is 6.68. The molecule has 0 aromatic carbocycles. The van der Waals surface area contributed by atoms with Crippen LogP contribution in [0.25, 0.3) is 0 Å².